The maximum absolute atomic E-state index is 11.8. The number of rotatable bonds is 8. The van der Waals surface area contributed by atoms with Crippen LogP contribution in [0.1, 0.15) is 47.5 Å². The number of ether oxygens (including phenoxy) is 1. The third-order valence-electron chi connectivity index (χ3n) is 3.04. The Morgan fingerprint density at radius 1 is 1.26 bits per heavy atom. The van der Waals surface area contributed by atoms with Crippen LogP contribution in [-0.2, 0) is 4.74 Å². The van der Waals surface area contributed by atoms with Crippen LogP contribution < -0.4 is 10.6 Å². The zero-order valence-corrected chi connectivity index (χ0v) is 13.1. The van der Waals surface area contributed by atoms with Crippen LogP contribution in [0.5, 0.6) is 0 Å². The van der Waals surface area contributed by atoms with Crippen molar-refractivity contribution in [3.05, 3.63) is 0 Å². The van der Waals surface area contributed by atoms with Crippen molar-refractivity contribution in [1.82, 2.24) is 10.6 Å². The van der Waals surface area contributed by atoms with E-state index in [1.54, 1.807) is 7.11 Å². The van der Waals surface area contributed by atoms with E-state index in [4.69, 9.17) is 4.74 Å². The standard InChI is InChI=1S/C14H30N2O3/c1-10(2)7-12(9-17)16-13(18)15-11(3)8-14(4,5)19-6/h10-12,17H,7-9H2,1-6H3,(H2,15,16,18). The highest BCUT2D eigenvalue weighted by molar-refractivity contribution is 5.74. The van der Waals surface area contributed by atoms with Gasteiger partial charge in [-0.3, -0.25) is 0 Å². The third kappa shape index (κ3) is 8.83. The molecule has 0 saturated heterocycles. The van der Waals surface area contributed by atoms with Crippen molar-refractivity contribution < 1.29 is 14.6 Å². The molecule has 2 amide bonds. The van der Waals surface area contributed by atoms with Crippen molar-refractivity contribution in [3.8, 4) is 0 Å². The normalized spacial score (nSPS) is 15.2. The van der Waals surface area contributed by atoms with Gasteiger partial charge in [0.2, 0.25) is 0 Å². The van der Waals surface area contributed by atoms with Gasteiger partial charge in [0.05, 0.1) is 18.2 Å². The summed E-state index contributed by atoms with van der Waals surface area (Å²) in [6.07, 6.45) is 1.49. The Labute approximate surface area is 117 Å². The highest BCUT2D eigenvalue weighted by Crippen LogP contribution is 2.15. The molecule has 19 heavy (non-hydrogen) atoms. The number of hydrogen-bond donors (Lipinski definition) is 3. The first-order valence-electron chi connectivity index (χ1n) is 6.93. The number of urea groups is 1. The summed E-state index contributed by atoms with van der Waals surface area (Å²) in [7, 11) is 1.66. The minimum absolute atomic E-state index is 0.00772. The molecular weight excluding hydrogens is 244 g/mol. The zero-order valence-electron chi connectivity index (χ0n) is 13.1. The monoisotopic (exact) mass is 274 g/mol. The van der Waals surface area contributed by atoms with Gasteiger partial charge in [-0.2, -0.15) is 0 Å². The molecule has 5 heteroatoms. The van der Waals surface area contributed by atoms with E-state index in [2.05, 4.69) is 24.5 Å². The van der Waals surface area contributed by atoms with Crippen LogP contribution in [0.2, 0.25) is 0 Å². The summed E-state index contributed by atoms with van der Waals surface area (Å²) in [6.45, 7) is 10.00. The number of aliphatic hydroxyl groups excluding tert-OH is 1. The number of hydrogen-bond acceptors (Lipinski definition) is 3. The van der Waals surface area contributed by atoms with Crippen molar-refractivity contribution in [2.45, 2.75) is 65.1 Å². The Hall–Kier alpha value is -0.810. The molecule has 2 unspecified atom stereocenters. The molecule has 0 aliphatic heterocycles. The lowest BCUT2D eigenvalue weighted by Crippen LogP contribution is -2.48. The van der Waals surface area contributed by atoms with Gasteiger partial charge in [0.1, 0.15) is 0 Å². The Kier molecular flexibility index (Phi) is 8.02. The van der Waals surface area contributed by atoms with Gasteiger partial charge in [0, 0.05) is 13.2 Å². The van der Waals surface area contributed by atoms with E-state index in [1.165, 1.54) is 0 Å². The molecule has 5 nitrogen and oxygen atoms in total. The fourth-order valence-corrected chi connectivity index (χ4v) is 2.07. The summed E-state index contributed by atoms with van der Waals surface area (Å²) in [6, 6.07) is -0.421. The van der Waals surface area contributed by atoms with E-state index in [1.807, 2.05) is 20.8 Å². The third-order valence-corrected chi connectivity index (χ3v) is 3.04. The number of carbonyl (C=O) groups excluding carboxylic acids is 1. The second kappa shape index (κ2) is 8.38. The van der Waals surface area contributed by atoms with E-state index in [0.29, 0.717) is 5.92 Å². The van der Waals surface area contributed by atoms with Gasteiger partial charge in [-0.25, -0.2) is 4.79 Å². The average Bonchev–Trinajstić information content (AvgIpc) is 2.26. The van der Waals surface area contributed by atoms with Crippen LogP contribution in [0.4, 0.5) is 4.79 Å². The molecule has 3 N–H and O–H groups in total. The van der Waals surface area contributed by atoms with E-state index in [0.717, 1.165) is 12.8 Å². The number of amides is 2. The summed E-state index contributed by atoms with van der Waals surface area (Å²) in [4.78, 5) is 11.8. The van der Waals surface area contributed by atoms with E-state index >= 15 is 0 Å². The first-order chi connectivity index (χ1) is 8.70. The van der Waals surface area contributed by atoms with Crippen molar-refractivity contribution >= 4 is 6.03 Å². The topological polar surface area (TPSA) is 70.6 Å². The van der Waals surface area contributed by atoms with Crippen LogP contribution >= 0.6 is 0 Å². The first-order valence-corrected chi connectivity index (χ1v) is 6.93. The van der Waals surface area contributed by atoms with Gasteiger partial charge in [-0.1, -0.05) is 13.8 Å². The molecule has 114 valence electrons. The van der Waals surface area contributed by atoms with Crippen molar-refractivity contribution in [1.29, 1.82) is 0 Å². The van der Waals surface area contributed by atoms with Gasteiger partial charge in [0.25, 0.3) is 0 Å². The molecule has 0 aliphatic rings. The van der Waals surface area contributed by atoms with Crippen LogP contribution in [0.15, 0.2) is 0 Å². The molecule has 0 aromatic rings. The largest absolute Gasteiger partial charge is 0.394 e. The van der Waals surface area contributed by atoms with Gasteiger partial charge in [-0.15, -0.1) is 0 Å². The van der Waals surface area contributed by atoms with Gasteiger partial charge >= 0.3 is 6.03 Å². The van der Waals surface area contributed by atoms with Crippen LogP contribution in [0.3, 0.4) is 0 Å². The fourth-order valence-electron chi connectivity index (χ4n) is 2.07. The molecule has 0 aromatic carbocycles. The fraction of sp³-hybridized carbons (Fsp3) is 0.929. The summed E-state index contributed by atoms with van der Waals surface area (Å²) in [5.41, 5.74) is -0.263. The number of methoxy groups -OCH3 is 1. The predicted molar refractivity (Wildman–Crippen MR) is 77.2 cm³/mol. The molecule has 0 aromatic heterocycles. The summed E-state index contributed by atoms with van der Waals surface area (Å²) in [5, 5.41) is 14.9. The number of nitrogens with one attached hydrogen (secondary N) is 2. The van der Waals surface area contributed by atoms with E-state index in [9.17, 15) is 9.90 Å². The van der Waals surface area contributed by atoms with Gasteiger partial charge in [-0.05, 0) is 39.5 Å². The predicted octanol–water partition coefficient (Wildman–Crippen LogP) is 1.90. The minimum atomic E-state index is -0.263. The highest BCUT2D eigenvalue weighted by Gasteiger charge is 2.22. The highest BCUT2D eigenvalue weighted by atomic mass is 16.5. The molecule has 0 fully saturated rings. The smallest absolute Gasteiger partial charge is 0.315 e. The van der Waals surface area contributed by atoms with Crippen LogP contribution in [-0.4, -0.2) is 42.5 Å². The molecule has 0 radical (unpaired) electrons. The summed E-state index contributed by atoms with van der Waals surface area (Å²) in [5.74, 6) is 0.433. The first kappa shape index (κ1) is 18.2. The SMILES string of the molecule is COC(C)(C)CC(C)NC(=O)NC(CO)CC(C)C. The molecule has 0 bridgehead atoms. The zero-order chi connectivity index (χ0) is 15.1. The molecule has 0 saturated carbocycles. The lowest BCUT2D eigenvalue weighted by atomic mass is 10.00. The molecular formula is C14H30N2O3. The second-order valence-corrected chi connectivity index (χ2v) is 6.20. The summed E-state index contributed by atoms with van der Waals surface area (Å²) >= 11 is 0. The number of carbonyl (C=O) groups is 1. The molecule has 0 heterocycles. The van der Waals surface area contributed by atoms with Crippen molar-refractivity contribution in [2.75, 3.05) is 13.7 Å². The van der Waals surface area contributed by atoms with Crippen LogP contribution in [0, 0.1) is 5.92 Å². The van der Waals surface area contributed by atoms with Crippen LogP contribution in [0.25, 0.3) is 0 Å². The van der Waals surface area contributed by atoms with Gasteiger partial charge in [0.15, 0.2) is 0 Å². The van der Waals surface area contributed by atoms with E-state index in [-0.39, 0.29) is 30.3 Å². The van der Waals surface area contributed by atoms with Crippen molar-refractivity contribution in [3.63, 3.8) is 0 Å². The second-order valence-electron chi connectivity index (χ2n) is 6.20. The quantitative estimate of drug-likeness (QED) is 0.633. The Morgan fingerprint density at radius 2 is 1.84 bits per heavy atom. The molecule has 2 atom stereocenters. The Morgan fingerprint density at radius 3 is 2.26 bits per heavy atom. The summed E-state index contributed by atoms with van der Waals surface area (Å²) < 4.78 is 5.33. The maximum Gasteiger partial charge on any atom is 0.315 e. The lowest BCUT2D eigenvalue weighted by Gasteiger charge is -2.27. The number of aliphatic hydroxyl groups is 1. The average molecular weight is 274 g/mol. The van der Waals surface area contributed by atoms with E-state index < -0.39 is 0 Å². The lowest BCUT2D eigenvalue weighted by molar-refractivity contribution is 0.00945. The molecule has 0 aliphatic carbocycles. The van der Waals surface area contributed by atoms with Crippen molar-refractivity contribution in [2.24, 2.45) is 5.92 Å². The van der Waals surface area contributed by atoms with Gasteiger partial charge < -0.3 is 20.5 Å². The maximum atomic E-state index is 11.8. The molecule has 0 rings (SSSR count). The minimum Gasteiger partial charge on any atom is -0.394 e. The Balaban J connectivity index is 4.15. The Bertz CT molecular complexity index is 267. The molecule has 0 spiro atoms.